The number of hydrogen-bond acceptors (Lipinski definition) is 5. The van der Waals surface area contributed by atoms with Crippen molar-refractivity contribution in [2.24, 2.45) is 10.2 Å². The molecule has 0 N–H and O–H groups in total. The van der Waals surface area contributed by atoms with E-state index in [2.05, 4.69) is 10.2 Å². The molecule has 0 aliphatic heterocycles. The fourth-order valence-electron chi connectivity index (χ4n) is 1.41. The number of ether oxygens (including phenoxy) is 1. The predicted octanol–water partition coefficient (Wildman–Crippen LogP) is 3.98. The molecule has 2 rings (SSSR count). The Morgan fingerprint density at radius 3 is 2.05 bits per heavy atom. The summed E-state index contributed by atoms with van der Waals surface area (Å²) < 4.78 is 5.62. The fraction of sp³-hybridized carbons (Fsp3) is 0.0667. The maximum Gasteiger partial charge on any atom is 0.242 e. The molecule has 5 nitrogen and oxygen atoms in total. The van der Waals surface area contributed by atoms with E-state index in [4.69, 9.17) is 15.3 Å². The van der Waals surface area contributed by atoms with E-state index < -0.39 is 6.04 Å². The van der Waals surface area contributed by atoms with Crippen molar-refractivity contribution in [2.45, 2.75) is 6.04 Å². The molecule has 0 atom stereocenters. The summed E-state index contributed by atoms with van der Waals surface area (Å²) >= 11 is 0. The Hall–Kier alpha value is -3.18. The summed E-state index contributed by atoms with van der Waals surface area (Å²) in [6, 6.07) is 18.7. The summed E-state index contributed by atoms with van der Waals surface area (Å²) in [5, 5.41) is 24.6. The quantitative estimate of drug-likeness (QED) is 0.781. The largest absolute Gasteiger partial charge is 0.457 e. The van der Waals surface area contributed by atoms with Crippen LogP contribution in [0.25, 0.3) is 0 Å². The predicted molar refractivity (Wildman–Crippen MR) is 72.5 cm³/mol. The highest BCUT2D eigenvalue weighted by Crippen LogP contribution is 2.23. The lowest BCUT2D eigenvalue weighted by molar-refractivity contribution is 0.483. The minimum absolute atomic E-state index is 0.556. The zero-order valence-corrected chi connectivity index (χ0v) is 10.5. The van der Waals surface area contributed by atoms with Crippen LogP contribution in [0, 0.1) is 22.7 Å². The first-order valence-electron chi connectivity index (χ1n) is 5.85. The molecule has 0 saturated carbocycles. The Morgan fingerprint density at radius 2 is 1.45 bits per heavy atom. The van der Waals surface area contributed by atoms with Gasteiger partial charge in [-0.1, -0.05) is 18.2 Å². The van der Waals surface area contributed by atoms with Crippen LogP contribution in [0.3, 0.4) is 0 Å². The average Bonchev–Trinajstić information content (AvgIpc) is 2.51. The fourth-order valence-corrected chi connectivity index (χ4v) is 1.41. The Morgan fingerprint density at radius 1 is 0.850 bits per heavy atom. The van der Waals surface area contributed by atoms with E-state index in [1.807, 2.05) is 30.3 Å². The number of azo groups is 1. The molecule has 2 aromatic rings. The minimum Gasteiger partial charge on any atom is -0.457 e. The van der Waals surface area contributed by atoms with Crippen molar-refractivity contribution in [3.05, 3.63) is 54.6 Å². The highest BCUT2D eigenvalue weighted by atomic mass is 16.5. The molecule has 0 spiro atoms. The van der Waals surface area contributed by atoms with Gasteiger partial charge in [-0.3, -0.25) is 0 Å². The minimum atomic E-state index is -1.07. The molecule has 5 heteroatoms. The highest BCUT2D eigenvalue weighted by Gasteiger charge is 2.01. The Balaban J connectivity index is 2.04. The van der Waals surface area contributed by atoms with E-state index in [1.165, 1.54) is 0 Å². The van der Waals surface area contributed by atoms with Gasteiger partial charge in [-0.25, -0.2) is 0 Å². The number of hydrogen-bond donors (Lipinski definition) is 0. The van der Waals surface area contributed by atoms with Crippen LogP contribution in [-0.4, -0.2) is 6.04 Å². The van der Waals surface area contributed by atoms with Crippen LogP contribution < -0.4 is 4.74 Å². The van der Waals surface area contributed by atoms with Gasteiger partial charge in [0.1, 0.15) is 23.6 Å². The molecular weight excluding hydrogens is 252 g/mol. The van der Waals surface area contributed by atoms with Crippen LogP contribution in [0.1, 0.15) is 0 Å². The third-order valence-electron chi connectivity index (χ3n) is 2.35. The van der Waals surface area contributed by atoms with E-state index in [0.717, 1.165) is 5.75 Å². The second kappa shape index (κ2) is 6.67. The van der Waals surface area contributed by atoms with Gasteiger partial charge in [0.05, 0.1) is 5.69 Å². The molecule has 0 heterocycles. The first kappa shape index (κ1) is 13.3. The van der Waals surface area contributed by atoms with Crippen molar-refractivity contribution in [1.29, 1.82) is 10.5 Å². The van der Waals surface area contributed by atoms with E-state index in [1.54, 1.807) is 36.4 Å². The second-order valence-electron chi connectivity index (χ2n) is 3.79. The van der Waals surface area contributed by atoms with Gasteiger partial charge in [0, 0.05) is 0 Å². The molecule has 0 aromatic heterocycles. The van der Waals surface area contributed by atoms with Crippen LogP contribution in [0.15, 0.2) is 64.8 Å². The van der Waals surface area contributed by atoms with Gasteiger partial charge in [-0.15, -0.1) is 0 Å². The molecule has 20 heavy (non-hydrogen) atoms. The van der Waals surface area contributed by atoms with Crippen LogP contribution in [-0.2, 0) is 0 Å². The topological polar surface area (TPSA) is 81.5 Å². The number of para-hydroxylation sites is 1. The van der Waals surface area contributed by atoms with E-state index in [0.29, 0.717) is 11.4 Å². The van der Waals surface area contributed by atoms with Crippen molar-refractivity contribution < 1.29 is 4.74 Å². The highest BCUT2D eigenvalue weighted by molar-refractivity contribution is 5.42. The van der Waals surface area contributed by atoms with Gasteiger partial charge in [0.15, 0.2) is 0 Å². The lowest BCUT2D eigenvalue weighted by Crippen LogP contribution is -1.92. The average molecular weight is 262 g/mol. The first-order chi connectivity index (χ1) is 9.81. The smallest absolute Gasteiger partial charge is 0.242 e. The summed E-state index contributed by atoms with van der Waals surface area (Å²) in [6.45, 7) is 0. The monoisotopic (exact) mass is 262 g/mol. The molecule has 0 unspecified atom stereocenters. The Labute approximate surface area is 116 Å². The van der Waals surface area contributed by atoms with Gasteiger partial charge in [0.2, 0.25) is 6.04 Å². The maximum absolute atomic E-state index is 8.57. The van der Waals surface area contributed by atoms with Gasteiger partial charge in [-0.05, 0) is 36.4 Å². The summed E-state index contributed by atoms with van der Waals surface area (Å²) in [4.78, 5) is 0. The van der Waals surface area contributed by atoms with Crippen molar-refractivity contribution in [3.8, 4) is 23.6 Å². The van der Waals surface area contributed by atoms with Crippen LogP contribution in [0.5, 0.6) is 11.5 Å². The summed E-state index contributed by atoms with van der Waals surface area (Å²) in [5.41, 5.74) is 0.556. The molecule has 0 fully saturated rings. The maximum atomic E-state index is 8.57. The summed E-state index contributed by atoms with van der Waals surface area (Å²) in [6.07, 6.45) is 0. The Kier molecular flexibility index (Phi) is 4.42. The standard InChI is InChI=1S/C15H10N4O/c16-10-13(11-17)19-18-12-6-8-15(9-7-12)20-14-4-2-1-3-5-14/h1-9,13H. The van der Waals surface area contributed by atoms with E-state index in [9.17, 15) is 0 Å². The SMILES string of the molecule is N#CC(C#N)N=Nc1ccc(Oc2ccccc2)cc1. The number of rotatable bonds is 4. The van der Waals surface area contributed by atoms with Gasteiger partial charge < -0.3 is 4.74 Å². The third kappa shape index (κ3) is 3.66. The number of benzene rings is 2. The summed E-state index contributed by atoms with van der Waals surface area (Å²) in [5.74, 6) is 1.42. The van der Waals surface area contributed by atoms with Crippen LogP contribution in [0.2, 0.25) is 0 Å². The number of nitrogens with zero attached hydrogens (tertiary/aromatic N) is 4. The zero-order valence-electron chi connectivity index (χ0n) is 10.5. The first-order valence-corrected chi connectivity index (χ1v) is 5.85. The Bertz CT molecular complexity index is 652. The lowest BCUT2D eigenvalue weighted by atomic mass is 10.3. The van der Waals surface area contributed by atoms with E-state index >= 15 is 0 Å². The van der Waals surface area contributed by atoms with Crippen LogP contribution in [0.4, 0.5) is 5.69 Å². The molecule has 0 aliphatic carbocycles. The summed E-state index contributed by atoms with van der Waals surface area (Å²) in [7, 11) is 0. The molecule has 96 valence electrons. The van der Waals surface area contributed by atoms with E-state index in [-0.39, 0.29) is 0 Å². The molecule has 0 aliphatic rings. The van der Waals surface area contributed by atoms with Gasteiger partial charge in [0.25, 0.3) is 0 Å². The number of nitriles is 2. The molecule has 0 saturated heterocycles. The lowest BCUT2D eigenvalue weighted by Gasteiger charge is -2.04. The van der Waals surface area contributed by atoms with Crippen LogP contribution >= 0.6 is 0 Å². The molecule has 0 radical (unpaired) electrons. The molecular formula is C15H10N4O. The van der Waals surface area contributed by atoms with Crippen molar-refractivity contribution >= 4 is 5.69 Å². The van der Waals surface area contributed by atoms with Crippen molar-refractivity contribution in [2.75, 3.05) is 0 Å². The molecule has 0 amide bonds. The van der Waals surface area contributed by atoms with Gasteiger partial charge in [-0.2, -0.15) is 20.8 Å². The molecule has 2 aromatic carbocycles. The third-order valence-corrected chi connectivity index (χ3v) is 2.35. The molecule has 0 bridgehead atoms. The van der Waals surface area contributed by atoms with Gasteiger partial charge >= 0.3 is 0 Å². The normalized spacial score (nSPS) is 10.2. The zero-order chi connectivity index (χ0) is 14.2. The van der Waals surface area contributed by atoms with Crippen molar-refractivity contribution in [1.82, 2.24) is 0 Å². The second-order valence-corrected chi connectivity index (χ2v) is 3.79. The van der Waals surface area contributed by atoms with Crippen molar-refractivity contribution in [3.63, 3.8) is 0 Å².